The Kier molecular flexibility index (Phi) is 11.0. The van der Waals surface area contributed by atoms with E-state index in [1.807, 2.05) is 42.7 Å². The summed E-state index contributed by atoms with van der Waals surface area (Å²) in [6.45, 7) is 5.65. The third-order valence-corrected chi connectivity index (χ3v) is 8.71. The Bertz CT molecular complexity index is 1460. The zero-order valence-corrected chi connectivity index (χ0v) is 26.4. The predicted octanol–water partition coefficient (Wildman–Crippen LogP) is 7.81. The fourth-order valence-electron chi connectivity index (χ4n) is 6.08. The van der Waals surface area contributed by atoms with Crippen molar-refractivity contribution in [1.82, 2.24) is 14.8 Å². The highest BCUT2D eigenvalue weighted by molar-refractivity contribution is 5.94. The number of rotatable bonds is 13. The zero-order valence-electron chi connectivity index (χ0n) is 26.4. The van der Waals surface area contributed by atoms with Gasteiger partial charge in [-0.3, -0.25) is 14.7 Å². The highest BCUT2D eigenvalue weighted by Crippen LogP contribution is 2.32. The fraction of sp³-hybridized carbons (Fsp3) is 0.368. The molecule has 0 unspecified atom stereocenters. The van der Waals surface area contributed by atoms with E-state index in [-0.39, 0.29) is 11.9 Å². The standard InChI is InChI=1S/C38H45N3O3/c1-4-5-6-7-29-8-14-33(15-9-29)38(42)41(35-20-24-40(25-21-35)27-31-18-22-39-23-19-31)28-30-10-12-32(13-11-30)34-16-17-36(43-2)37(26-34)44-3/h8-19,22-23,26,35H,4-7,20-21,24-25,27-28H2,1-3H3. The van der Waals surface area contributed by atoms with Crippen LogP contribution in [0.2, 0.25) is 0 Å². The van der Waals surface area contributed by atoms with Crippen molar-refractivity contribution in [2.75, 3.05) is 27.3 Å². The molecule has 0 atom stereocenters. The van der Waals surface area contributed by atoms with Crippen LogP contribution >= 0.6 is 0 Å². The lowest BCUT2D eigenvalue weighted by molar-refractivity contribution is 0.0543. The Morgan fingerprint density at radius 2 is 1.45 bits per heavy atom. The second-order valence-corrected chi connectivity index (χ2v) is 11.7. The van der Waals surface area contributed by atoms with E-state index < -0.39 is 0 Å². The first-order valence-electron chi connectivity index (χ1n) is 15.9. The van der Waals surface area contributed by atoms with Crippen LogP contribution < -0.4 is 9.47 Å². The molecule has 3 aromatic carbocycles. The molecule has 6 heteroatoms. The minimum absolute atomic E-state index is 0.113. The van der Waals surface area contributed by atoms with Crippen molar-refractivity contribution in [2.45, 2.75) is 64.6 Å². The lowest BCUT2D eigenvalue weighted by Gasteiger charge is -2.39. The van der Waals surface area contributed by atoms with Crippen LogP contribution in [-0.2, 0) is 19.5 Å². The number of pyridine rings is 1. The summed E-state index contributed by atoms with van der Waals surface area (Å²) in [7, 11) is 3.30. The SMILES string of the molecule is CCCCCc1ccc(C(=O)N(Cc2ccc(-c3ccc(OC)c(OC)c3)cc2)C2CCN(Cc3ccncc3)CC2)cc1. The first-order valence-corrected chi connectivity index (χ1v) is 15.9. The molecule has 1 aliphatic rings. The highest BCUT2D eigenvalue weighted by Gasteiger charge is 2.29. The number of hydrogen-bond acceptors (Lipinski definition) is 5. The van der Waals surface area contributed by atoms with Crippen LogP contribution in [0.15, 0.2) is 91.3 Å². The van der Waals surface area contributed by atoms with Crippen molar-refractivity contribution in [1.29, 1.82) is 0 Å². The fourth-order valence-corrected chi connectivity index (χ4v) is 6.08. The van der Waals surface area contributed by atoms with Gasteiger partial charge in [0.15, 0.2) is 11.5 Å². The highest BCUT2D eigenvalue weighted by atomic mass is 16.5. The monoisotopic (exact) mass is 591 g/mol. The minimum atomic E-state index is 0.113. The molecule has 1 aliphatic heterocycles. The van der Waals surface area contributed by atoms with Crippen LogP contribution in [0.25, 0.3) is 11.1 Å². The van der Waals surface area contributed by atoms with E-state index in [1.54, 1.807) is 14.2 Å². The maximum atomic E-state index is 14.1. The molecule has 230 valence electrons. The molecular weight excluding hydrogens is 546 g/mol. The van der Waals surface area contributed by atoms with E-state index in [1.165, 1.54) is 30.4 Å². The number of nitrogens with zero attached hydrogens (tertiary/aromatic N) is 3. The molecular formula is C38H45N3O3. The largest absolute Gasteiger partial charge is 0.493 e. The molecule has 0 bridgehead atoms. The maximum Gasteiger partial charge on any atom is 0.254 e. The van der Waals surface area contributed by atoms with Gasteiger partial charge in [-0.1, -0.05) is 62.2 Å². The van der Waals surface area contributed by atoms with Crippen LogP contribution in [-0.4, -0.2) is 54.0 Å². The average molecular weight is 592 g/mol. The van der Waals surface area contributed by atoms with Gasteiger partial charge in [0.05, 0.1) is 14.2 Å². The lowest BCUT2D eigenvalue weighted by atomic mass is 9.98. The summed E-state index contributed by atoms with van der Waals surface area (Å²) in [6.07, 6.45) is 10.3. The molecule has 1 aromatic heterocycles. The molecule has 0 saturated carbocycles. The number of carbonyl (C=O) groups excluding carboxylic acids is 1. The minimum Gasteiger partial charge on any atom is -0.493 e. The molecule has 0 radical (unpaired) electrons. The Morgan fingerprint density at radius 3 is 2.11 bits per heavy atom. The number of benzene rings is 3. The number of hydrogen-bond donors (Lipinski definition) is 0. The normalized spacial score (nSPS) is 13.9. The molecule has 0 N–H and O–H groups in total. The van der Waals surface area contributed by atoms with Crippen LogP contribution in [0.5, 0.6) is 11.5 Å². The molecule has 5 rings (SSSR count). The molecule has 44 heavy (non-hydrogen) atoms. The molecule has 0 spiro atoms. The van der Waals surface area contributed by atoms with Gasteiger partial charge in [0.2, 0.25) is 0 Å². The smallest absolute Gasteiger partial charge is 0.254 e. The number of carbonyl (C=O) groups is 1. The van der Waals surface area contributed by atoms with Crippen LogP contribution in [0.1, 0.15) is 66.1 Å². The van der Waals surface area contributed by atoms with Crippen molar-refractivity contribution in [3.63, 3.8) is 0 Å². The number of piperidine rings is 1. The van der Waals surface area contributed by atoms with Crippen molar-refractivity contribution in [2.24, 2.45) is 0 Å². The number of amides is 1. The summed E-state index contributed by atoms with van der Waals surface area (Å²) < 4.78 is 10.9. The first-order chi connectivity index (χ1) is 21.6. The maximum absolute atomic E-state index is 14.1. The van der Waals surface area contributed by atoms with E-state index in [0.29, 0.717) is 18.0 Å². The second-order valence-electron chi connectivity index (χ2n) is 11.7. The number of ether oxygens (including phenoxy) is 2. The molecule has 1 saturated heterocycles. The van der Waals surface area contributed by atoms with Gasteiger partial charge in [0.1, 0.15) is 0 Å². The van der Waals surface area contributed by atoms with E-state index in [2.05, 4.69) is 70.2 Å². The number of aromatic nitrogens is 1. The average Bonchev–Trinajstić information content (AvgIpc) is 3.08. The Labute approximate surface area is 262 Å². The Morgan fingerprint density at radius 1 is 0.795 bits per heavy atom. The van der Waals surface area contributed by atoms with Crippen molar-refractivity contribution >= 4 is 5.91 Å². The third kappa shape index (κ3) is 8.06. The summed E-state index contributed by atoms with van der Waals surface area (Å²) >= 11 is 0. The lowest BCUT2D eigenvalue weighted by Crippen LogP contribution is -2.46. The van der Waals surface area contributed by atoms with Crippen molar-refractivity contribution < 1.29 is 14.3 Å². The molecule has 4 aromatic rings. The summed E-state index contributed by atoms with van der Waals surface area (Å²) in [4.78, 5) is 22.8. The third-order valence-electron chi connectivity index (χ3n) is 8.71. The van der Waals surface area contributed by atoms with Gasteiger partial charge in [0, 0.05) is 50.2 Å². The van der Waals surface area contributed by atoms with Gasteiger partial charge >= 0.3 is 0 Å². The van der Waals surface area contributed by atoms with E-state index in [9.17, 15) is 4.79 Å². The van der Waals surface area contributed by atoms with Gasteiger partial charge in [-0.05, 0) is 89.9 Å². The molecule has 0 aliphatic carbocycles. The van der Waals surface area contributed by atoms with Gasteiger partial charge < -0.3 is 14.4 Å². The Balaban J connectivity index is 1.32. The van der Waals surface area contributed by atoms with Gasteiger partial charge in [-0.15, -0.1) is 0 Å². The van der Waals surface area contributed by atoms with E-state index >= 15 is 0 Å². The first kappa shape index (κ1) is 31.3. The summed E-state index contributed by atoms with van der Waals surface area (Å²) in [6, 6.07) is 27.2. The molecule has 6 nitrogen and oxygen atoms in total. The summed E-state index contributed by atoms with van der Waals surface area (Å²) in [5.74, 6) is 1.53. The van der Waals surface area contributed by atoms with Gasteiger partial charge in [-0.25, -0.2) is 0 Å². The number of methoxy groups -OCH3 is 2. The van der Waals surface area contributed by atoms with E-state index in [0.717, 1.165) is 61.2 Å². The predicted molar refractivity (Wildman–Crippen MR) is 177 cm³/mol. The van der Waals surface area contributed by atoms with Crippen molar-refractivity contribution in [3.05, 3.63) is 114 Å². The van der Waals surface area contributed by atoms with Crippen LogP contribution in [0, 0.1) is 0 Å². The van der Waals surface area contributed by atoms with Gasteiger partial charge in [-0.2, -0.15) is 0 Å². The Hall–Kier alpha value is -4.16. The number of likely N-dealkylation sites (tertiary alicyclic amines) is 1. The quantitative estimate of drug-likeness (QED) is 0.149. The zero-order chi connectivity index (χ0) is 30.7. The van der Waals surface area contributed by atoms with Crippen molar-refractivity contribution in [3.8, 4) is 22.6 Å². The number of unbranched alkanes of at least 4 members (excludes halogenated alkanes) is 2. The van der Waals surface area contributed by atoms with Gasteiger partial charge in [0.25, 0.3) is 5.91 Å². The molecule has 1 amide bonds. The molecule has 1 fully saturated rings. The summed E-state index contributed by atoms with van der Waals surface area (Å²) in [5, 5.41) is 0. The van der Waals surface area contributed by atoms with E-state index in [4.69, 9.17) is 9.47 Å². The van der Waals surface area contributed by atoms with Crippen LogP contribution in [0.3, 0.4) is 0 Å². The number of aryl methyl sites for hydroxylation is 1. The molecule has 2 heterocycles. The van der Waals surface area contributed by atoms with Crippen LogP contribution in [0.4, 0.5) is 0 Å². The summed E-state index contributed by atoms with van der Waals surface area (Å²) in [5.41, 5.74) is 6.62. The topological polar surface area (TPSA) is 54.9 Å². The second kappa shape index (κ2) is 15.5.